The van der Waals surface area contributed by atoms with Crippen LogP contribution in [0.3, 0.4) is 0 Å². The van der Waals surface area contributed by atoms with Gasteiger partial charge in [-0.1, -0.05) is 0 Å². The number of nitrogens with one attached hydrogen (secondary N) is 1. The van der Waals surface area contributed by atoms with Crippen molar-refractivity contribution in [3.63, 3.8) is 0 Å². The number of hydrogen-bond donors (Lipinski definition) is 1. The molecular formula is C23H33N5O3S. The van der Waals surface area contributed by atoms with Crippen LogP contribution in [0.1, 0.15) is 59.9 Å². The zero-order valence-electron chi connectivity index (χ0n) is 19.0. The Labute approximate surface area is 192 Å². The van der Waals surface area contributed by atoms with Crippen molar-refractivity contribution in [3.8, 4) is 0 Å². The zero-order chi connectivity index (χ0) is 22.2. The number of rotatable bonds is 4. The van der Waals surface area contributed by atoms with Crippen LogP contribution < -0.4 is 5.32 Å². The molecule has 0 bridgehead atoms. The molecule has 2 aromatic rings. The molecule has 2 aromatic heterocycles. The number of thiophene rings is 1. The van der Waals surface area contributed by atoms with E-state index in [0.29, 0.717) is 18.6 Å². The Morgan fingerprint density at radius 1 is 1.12 bits per heavy atom. The Hall–Kier alpha value is -1.97. The highest BCUT2D eigenvalue weighted by Gasteiger charge is 2.31. The van der Waals surface area contributed by atoms with Crippen molar-refractivity contribution in [1.82, 2.24) is 24.9 Å². The summed E-state index contributed by atoms with van der Waals surface area (Å²) in [6, 6.07) is 3.03. The highest BCUT2D eigenvalue weighted by Crippen LogP contribution is 2.33. The van der Waals surface area contributed by atoms with E-state index in [1.165, 1.54) is 0 Å². The Bertz CT molecular complexity index is 987. The second-order valence-electron chi connectivity index (χ2n) is 9.47. The summed E-state index contributed by atoms with van der Waals surface area (Å²) in [5.41, 5.74) is 0.990. The number of aromatic nitrogens is 2. The summed E-state index contributed by atoms with van der Waals surface area (Å²) in [7, 11) is 1.88. The minimum Gasteiger partial charge on any atom is -0.381 e. The molecule has 2 aliphatic heterocycles. The molecule has 1 N–H and O–H groups in total. The Kier molecular flexibility index (Phi) is 6.22. The average Bonchev–Trinajstić information content (AvgIpc) is 3.38. The van der Waals surface area contributed by atoms with Gasteiger partial charge in [0.1, 0.15) is 4.83 Å². The molecule has 8 nitrogen and oxygen atoms in total. The van der Waals surface area contributed by atoms with Gasteiger partial charge in [-0.3, -0.25) is 19.2 Å². The van der Waals surface area contributed by atoms with Gasteiger partial charge in [0.05, 0.1) is 23.2 Å². The molecular weight excluding hydrogens is 426 g/mol. The number of nitrogens with zero attached hydrogens (tertiary/aromatic N) is 4. The van der Waals surface area contributed by atoms with Gasteiger partial charge in [0.2, 0.25) is 5.91 Å². The molecule has 0 spiro atoms. The number of likely N-dealkylation sites (N-methyl/N-ethyl adjacent to an activating group) is 1. The van der Waals surface area contributed by atoms with Crippen LogP contribution >= 0.6 is 11.3 Å². The fourth-order valence-electron chi connectivity index (χ4n) is 5.29. The number of piperazine rings is 1. The molecule has 9 heteroatoms. The third-order valence-corrected chi connectivity index (χ3v) is 8.49. The van der Waals surface area contributed by atoms with E-state index in [1.807, 2.05) is 24.9 Å². The normalized spacial score (nSPS) is 26.1. The van der Waals surface area contributed by atoms with Crippen LogP contribution in [0, 0.1) is 6.92 Å². The maximum absolute atomic E-state index is 13.0. The number of fused-ring (bicyclic) bond motifs is 1. The molecule has 3 fully saturated rings. The van der Waals surface area contributed by atoms with E-state index in [0.717, 1.165) is 85.6 Å². The maximum atomic E-state index is 13.0. The van der Waals surface area contributed by atoms with Gasteiger partial charge in [0.25, 0.3) is 5.91 Å². The number of carbonyl (C=O) groups excluding carboxylic acids is 2. The summed E-state index contributed by atoms with van der Waals surface area (Å²) in [6.45, 7) is 5.87. The minimum atomic E-state index is 0.0300. The van der Waals surface area contributed by atoms with Crippen LogP contribution in [-0.2, 0) is 9.53 Å². The molecule has 2 amide bonds. The van der Waals surface area contributed by atoms with Gasteiger partial charge in [-0.25, -0.2) is 0 Å². The quantitative estimate of drug-likeness (QED) is 0.760. The highest BCUT2D eigenvalue weighted by molar-refractivity contribution is 7.20. The van der Waals surface area contributed by atoms with Gasteiger partial charge in [-0.05, 0) is 51.5 Å². The molecule has 0 unspecified atom stereocenters. The Balaban J connectivity index is 1.20. The van der Waals surface area contributed by atoms with Crippen LogP contribution in [0.2, 0.25) is 0 Å². The third-order valence-electron chi connectivity index (χ3n) is 7.36. The lowest BCUT2D eigenvalue weighted by Gasteiger charge is -2.40. The number of carbonyl (C=O) groups is 2. The molecule has 2 saturated heterocycles. The predicted molar refractivity (Wildman–Crippen MR) is 124 cm³/mol. The summed E-state index contributed by atoms with van der Waals surface area (Å²) in [6.07, 6.45) is 5.95. The summed E-state index contributed by atoms with van der Waals surface area (Å²) in [5, 5.41) is 9.12. The highest BCUT2D eigenvalue weighted by atomic mass is 32.1. The van der Waals surface area contributed by atoms with Crippen molar-refractivity contribution in [2.45, 2.75) is 63.6 Å². The number of hydrogen-bond acceptors (Lipinski definition) is 6. The fraction of sp³-hybridized carbons (Fsp3) is 0.696. The monoisotopic (exact) mass is 459 g/mol. The first-order chi connectivity index (χ1) is 15.5. The van der Waals surface area contributed by atoms with E-state index in [9.17, 15) is 9.59 Å². The molecule has 3 aliphatic rings. The van der Waals surface area contributed by atoms with E-state index in [4.69, 9.17) is 9.84 Å². The van der Waals surface area contributed by atoms with Crippen LogP contribution in [0.5, 0.6) is 0 Å². The van der Waals surface area contributed by atoms with Crippen molar-refractivity contribution < 1.29 is 14.3 Å². The lowest BCUT2D eigenvalue weighted by atomic mass is 9.89. The molecule has 0 atom stereocenters. The first-order valence-electron chi connectivity index (χ1n) is 11.8. The van der Waals surface area contributed by atoms with Crippen molar-refractivity contribution >= 4 is 33.4 Å². The molecule has 0 aromatic carbocycles. The zero-order valence-corrected chi connectivity index (χ0v) is 19.8. The summed E-state index contributed by atoms with van der Waals surface area (Å²) < 4.78 is 7.62. The molecule has 0 radical (unpaired) electrons. The van der Waals surface area contributed by atoms with Crippen molar-refractivity contribution in [3.05, 3.63) is 16.6 Å². The summed E-state index contributed by atoms with van der Waals surface area (Å²) in [5.74, 6) is 0.244. The first-order valence-corrected chi connectivity index (χ1v) is 12.7. The van der Waals surface area contributed by atoms with Crippen LogP contribution in [0.25, 0.3) is 10.2 Å². The van der Waals surface area contributed by atoms with Gasteiger partial charge in [-0.2, -0.15) is 5.10 Å². The molecule has 174 valence electrons. The van der Waals surface area contributed by atoms with Gasteiger partial charge < -0.3 is 15.0 Å². The summed E-state index contributed by atoms with van der Waals surface area (Å²) >= 11 is 1.56. The molecule has 32 heavy (non-hydrogen) atoms. The molecule has 1 aliphatic carbocycles. The topological polar surface area (TPSA) is 79.7 Å². The Morgan fingerprint density at radius 3 is 2.59 bits per heavy atom. The van der Waals surface area contributed by atoms with E-state index < -0.39 is 0 Å². The number of amides is 2. The van der Waals surface area contributed by atoms with Gasteiger partial charge >= 0.3 is 0 Å². The molecule has 4 heterocycles. The summed E-state index contributed by atoms with van der Waals surface area (Å²) in [4.78, 5) is 31.1. The maximum Gasteiger partial charge on any atom is 0.261 e. The van der Waals surface area contributed by atoms with Crippen LogP contribution in [-0.4, -0.2) is 83.4 Å². The predicted octanol–water partition coefficient (Wildman–Crippen LogP) is 2.57. The number of ether oxygens (including phenoxy) is 1. The molecule has 1 saturated carbocycles. The van der Waals surface area contributed by atoms with Crippen molar-refractivity contribution in [1.29, 1.82) is 0 Å². The lowest BCUT2D eigenvalue weighted by Crippen LogP contribution is -2.53. The van der Waals surface area contributed by atoms with E-state index in [1.54, 1.807) is 11.3 Å². The van der Waals surface area contributed by atoms with E-state index in [2.05, 4.69) is 14.9 Å². The Morgan fingerprint density at radius 2 is 1.88 bits per heavy atom. The smallest absolute Gasteiger partial charge is 0.261 e. The second-order valence-corrected chi connectivity index (χ2v) is 10.5. The second kappa shape index (κ2) is 9.11. The van der Waals surface area contributed by atoms with Gasteiger partial charge in [0, 0.05) is 50.8 Å². The fourth-order valence-corrected chi connectivity index (χ4v) is 6.43. The standard InChI is InChI=1S/C23H33N5O3S/c1-15-19-13-20(32-23(19)28(25-15)18-7-11-31-12-8-18)22(30)24-16-3-5-17(6-4-16)27-10-9-26(2)21(29)14-27/h13,16-18H,3-12,14H2,1-2H3,(H,24,30)/t16-,17+. The van der Waals surface area contributed by atoms with Gasteiger partial charge in [0.15, 0.2) is 0 Å². The van der Waals surface area contributed by atoms with E-state index in [-0.39, 0.29) is 17.9 Å². The van der Waals surface area contributed by atoms with Crippen molar-refractivity contribution in [2.24, 2.45) is 0 Å². The first kappa shape index (κ1) is 21.9. The number of aryl methyl sites for hydroxylation is 1. The average molecular weight is 460 g/mol. The van der Waals surface area contributed by atoms with Crippen molar-refractivity contribution in [2.75, 3.05) is 39.9 Å². The SMILES string of the molecule is Cc1nn(C2CCOCC2)c2sc(C(=O)N[C@H]3CC[C@@H](N4CCN(C)C(=O)C4)CC3)cc12. The largest absolute Gasteiger partial charge is 0.381 e. The third kappa shape index (κ3) is 4.30. The molecule has 5 rings (SSSR count). The lowest BCUT2D eigenvalue weighted by molar-refractivity contribution is -0.135. The van der Waals surface area contributed by atoms with Gasteiger partial charge in [-0.15, -0.1) is 11.3 Å². The van der Waals surface area contributed by atoms with Crippen LogP contribution in [0.15, 0.2) is 6.07 Å². The van der Waals surface area contributed by atoms with Crippen LogP contribution in [0.4, 0.5) is 0 Å². The van der Waals surface area contributed by atoms with E-state index >= 15 is 0 Å². The minimum absolute atomic E-state index is 0.0300.